The Morgan fingerprint density at radius 2 is 1.39 bits per heavy atom. The lowest BCUT2D eigenvalue weighted by molar-refractivity contribution is -0.406. The van der Waals surface area contributed by atoms with E-state index >= 15 is 0 Å². The van der Waals surface area contributed by atoms with Gasteiger partial charge in [-0.15, -0.1) is 11.3 Å². The van der Waals surface area contributed by atoms with Gasteiger partial charge in [-0.05, 0) is 26.3 Å². The van der Waals surface area contributed by atoms with E-state index in [2.05, 4.69) is 4.74 Å². The van der Waals surface area contributed by atoms with Crippen LogP contribution in [0.3, 0.4) is 0 Å². The molecule has 0 aliphatic heterocycles. The molecule has 1 N–H and O–H groups in total. The van der Waals surface area contributed by atoms with Gasteiger partial charge >= 0.3 is 47.9 Å². The number of ether oxygens (including phenoxy) is 1. The van der Waals surface area contributed by atoms with Crippen LogP contribution in [0.5, 0.6) is 0 Å². The topological polar surface area (TPSA) is 55.4 Å². The Morgan fingerprint density at radius 1 is 0.909 bits per heavy atom. The van der Waals surface area contributed by atoms with E-state index in [4.69, 9.17) is 0 Å². The van der Waals surface area contributed by atoms with E-state index in [-0.39, 0.29) is 17.0 Å². The second-order valence-electron chi connectivity index (χ2n) is 6.38. The molecule has 1 aromatic rings. The molecule has 0 saturated heterocycles. The minimum Gasteiger partial charge on any atom is -0.462 e. The molecule has 4 nitrogen and oxygen atoms in total. The monoisotopic (exact) mass is 527 g/mol. The molecule has 1 amide bonds. The summed E-state index contributed by atoms with van der Waals surface area (Å²) in [7, 11) is 0. The smallest absolute Gasteiger partial charge is 0.393 e. The number of hydrogen-bond acceptors (Lipinski definition) is 4. The van der Waals surface area contributed by atoms with Crippen LogP contribution < -0.4 is 5.32 Å². The first-order valence-corrected chi connectivity index (χ1v) is 9.20. The van der Waals surface area contributed by atoms with E-state index < -0.39 is 58.5 Å². The Kier molecular flexibility index (Phi) is 7.75. The van der Waals surface area contributed by atoms with E-state index in [1.165, 1.54) is 20.8 Å². The van der Waals surface area contributed by atoms with Gasteiger partial charge in [-0.25, -0.2) is 13.6 Å². The maximum atomic E-state index is 14.0. The molecule has 1 rings (SSSR count). The standard InChI is InChI=1S/C16H13F12NO3S/c1-4-32-9(30)7-5(2)6(3)33-8(7)29-11(31)13(21,22)15(25,26)16(27,28)14(23,24)12(19,20)10(17)18/h10H,4H2,1-3H3,(H,29,31). The second-order valence-corrected chi connectivity index (χ2v) is 7.61. The third-order valence-electron chi connectivity index (χ3n) is 4.25. The largest absolute Gasteiger partial charge is 0.462 e. The van der Waals surface area contributed by atoms with Gasteiger partial charge in [0, 0.05) is 4.88 Å². The van der Waals surface area contributed by atoms with E-state index in [9.17, 15) is 62.3 Å². The minimum atomic E-state index is -7.84. The van der Waals surface area contributed by atoms with Crippen LogP contribution in [0.15, 0.2) is 0 Å². The number of nitrogens with one attached hydrogen (secondary N) is 1. The van der Waals surface area contributed by atoms with Gasteiger partial charge in [0.05, 0.1) is 12.2 Å². The number of aryl methyl sites for hydroxylation is 1. The van der Waals surface area contributed by atoms with Crippen LogP contribution in [0, 0.1) is 13.8 Å². The van der Waals surface area contributed by atoms with Gasteiger partial charge in [0.25, 0.3) is 0 Å². The molecular formula is C16H13F12NO3S. The van der Waals surface area contributed by atoms with Gasteiger partial charge < -0.3 is 10.1 Å². The summed E-state index contributed by atoms with van der Waals surface area (Å²) >= 11 is 0.306. The zero-order chi connectivity index (χ0) is 26.4. The van der Waals surface area contributed by atoms with Gasteiger partial charge in [-0.3, -0.25) is 4.79 Å². The van der Waals surface area contributed by atoms with E-state index in [0.717, 1.165) is 5.32 Å². The van der Waals surface area contributed by atoms with Crippen molar-refractivity contribution in [3.8, 4) is 0 Å². The second kappa shape index (κ2) is 8.87. The average molecular weight is 527 g/mol. The molecule has 190 valence electrons. The molecule has 17 heteroatoms. The van der Waals surface area contributed by atoms with Crippen molar-refractivity contribution in [1.82, 2.24) is 0 Å². The molecule has 0 saturated carbocycles. The van der Waals surface area contributed by atoms with E-state index in [0.29, 0.717) is 11.3 Å². The summed E-state index contributed by atoms with van der Waals surface area (Å²) in [5.74, 6) is -41.9. The van der Waals surface area contributed by atoms with Crippen molar-refractivity contribution in [2.75, 3.05) is 11.9 Å². The van der Waals surface area contributed by atoms with Crippen molar-refractivity contribution < 1.29 is 67.0 Å². The van der Waals surface area contributed by atoms with Crippen molar-refractivity contribution in [3.63, 3.8) is 0 Å². The fraction of sp³-hybridized carbons (Fsp3) is 0.625. The molecule has 1 aromatic heterocycles. The molecule has 0 unspecified atom stereocenters. The number of anilines is 1. The summed E-state index contributed by atoms with van der Waals surface area (Å²) in [6.07, 6.45) is -5.65. The summed E-state index contributed by atoms with van der Waals surface area (Å²) in [5.41, 5.74) is -0.676. The highest BCUT2D eigenvalue weighted by atomic mass is 32.1. The lowest BCUT2D eigenvalue weighted by Crippen LogP contribution is -2.70. The molecule has 0 spiro atoms. The van der Waals surface area contributed by atoms with Crippen LogP contribution in [0.1, 0.15) is 27.7 Å². The molecule has 1 heterocycles. The molecule has 0 radical (unpaired) electrons. The van der Waals surface area contributed by atoms with Crippen molar-refractivity contribution in [1.29, 1.82) is 0 Å². The highest BCUT2D eigenvalue weighted by Gasteiger charge is 2.89. The maximum absolute atomic E-state index is 14.0. The number of carbonyl (C=O) groups is 2. The Labute approximate surface area is 180 Å². The van der Waals surface area contributed by atoms with Crippen molar-refractivity contribution in [3.05, 3.63) is 16.0 Å². The Balaban J connectivity index is 3.47. The van der Waals surface area contributed by atoms with Gasteiger partial charge in [0.15, 0.2) is 0 Å². The fourth-order valence-electron chi connectivity index (χ4n) is 2.23. The molecular weight excluding hydrogens is 514 g/mol. The number of alkyl halides is 12. The number of rotatable bonds is 9. The summed E-state index contributed by atoms with van der Waals surface area (Å²) in [6.45, 7) is 3.47. The minimum absolute atomic E-state index is 0.0164. The Morgan fingerprint density at radius 3 is 1.82 bits per heavy atom. The molecule has 0 fully saturated rings. The third-order valence-corrected chi connectivity index (χ3v) is 5.38. The van der Waals surface area contributed by atoms with Crippen molar-refractivity contribution in [2.45, 2.75) is 56.8 Å². The summed E-state index contributed by atoms with van der Waals surface area (Å²) < 4.78 is 164. The van der Waals surface area contributed by atoms with Crippen LogP contribution in [0.2, 0.25) is 0 Å². The highest BCUT2D eigenvalue weighted by molar-refractivity contribution is 7.16. The zero-order valence-corrected chi connectivity index (χ0v) is 17.3. The molecule has 0 atom stereocenters. The number of esters is 1. The zero-order valence-electron chi connectivity index (χ0n) is 16.5. The maximum Gasteiger partial charge on any atom is 0.393 e. The van der Waals surface area contributed by atoms with Gasteiger partial charge in [-0.2, -0.15) is 43.9 Å². The first-order chi connectivity index (χ1) is 14.6. The molecule has 0 aliphatic rings. The Bertz CT molecular complexity index is 913. The summed E-state index contributed by atoms with van der Waals surface area (Å²) in [5, 5.41) is 0.0444. The van der Waals surface area contributed by atoms with Gasteiger partial charge in [-0.1, -0.05) is 0 Å². The quantitative estimate of drug-likeness (QED) is 0.321. The predicted molar refractivity (Wildman–Crippen MR) is 89.1 cm³/mol. The molecule has 0 bridgehead atoms. The van der Waals surface area contributed by atoms with Crippen molar-refractivity contribution >= 4 is 28.2 Å². The van der Waals surface area contributed by atoms with Crippen molar-refractivity contribution in [2.24, 2.45) is 0 Å². The number of halogens is 12. The summed E-state index contributed by atoms with van der Waals surface area (Å²) in [6, 6.07) is 0. The average Bonchev–Trinajstić information content (AvgIpc) is 2.94. The molecule has 0 aromatic carbocycles. The van der Waals surface area contributed by atoms with Crippen LogP contribution in [-0.2, 0) is 9.53 Å². The number of thiophene rings is 1. The molecule has 33 heavy (non-hydrogen) atoms. The fourth-order valence-corrected chi connectivity index (χ4v) is 3.27. The summed E-state index contributed by atoms with van der Waals surface area (Å²) in [4.78, 5) is 23.7. The van der Waals surface area contributed by atoms with Gasteiger partial charge in [0.2, 0.25) is 0 Å². The Hall–Kier alpha value is -2.20. The van der Waals surface area contributed by atoms with Crippen LogP contribution >= 0.6 is 11.3 Å². The van der Waals surface area contributed by atoms with E-state index in [1.807, 2.05) is 0 Å². The first-order valence-electron chi connectivity index (χ1n) is 8.38. The number of amides is 1. The lowest BCUT2D eigenvalue weighted by atomic mass is 9.94. The van der Waals surface area contributed by atoms with Crippen LogP contribution in [-0.4, -0.2) is 54.5 Å². The van der Waals surface area contributed by atoms with Crippen LogP contribution in [0.4, 0.5) is 57.7 Å². The number of carbonyl (C=O) groups excluding carboxylic acids is 2. The lowest BCUT2D eigenvalue weighted by Gasteiger charge is -2.38. The van der Waals surface area contributed by atoms with Crippen LogP contribution in [0.25, 0.3) is 0 Å². The highest BCUT2D eigenvalue weighted by Crippen LogP contribution is 2.58. The SMILES string of the molecule is CCOC(=O)c1c(NC(=O)C(F)(F)C(F)(F)C(F)(F)C(F)(F)C(F)(F)C(F)F)sc(C)c1C. The van der Waals surface area contributed by atoms with E-state index in [1.54, 1.807) is 0 Å². The van der Waals surface area contributed by atoms with Gasteiger partial charge in [0.1, 0.15) is 5.00 Å². The number of hydrogen-bond donors (Lipinski definition) is 1. The first kappa shape index (κ1) is 28.8. The molecule has 0 aliphatic carbocycles. The third kappa shape index (κ3) is 4.35. The predicted octanol–water partition coefficient (Wildman–Crippen LogP) is 5.92. The normalized spacial score (nSPS) is 13.9.